The van der Waals surface area contributed by atoms with E-state index < -0.39 is 27.0 Å². The number of nitro groups is 1. The number of ether oxygens (including phenoxy) is 1. The number of esters is 1. The summed E-state index contributed by atoms with van der Waals surface area (Å²) in [6.45, 7) is 1.43. The summed E-state index contributed by atoms with van der Waals surface area (Å²) in [5.41, 5.74) is -0.291. The van der Waals surface area contributed by atoms with Gasteiger partial charge in [0, 0.05) is 18.6 Å². The molecule has 12 heteroatoms. The molecule has 1 heterocycles. The molecule has 0 unspecified atom stereocenters. The summed E-state index contributed by atoms with van der Waals surface area (Å²) in [4.78, 5) is 33.8. The van der Waals surface area contributed by atoms with Gasteiger partial charge in [0.25, 0.3) is 15.7 Å². The van der Waals surface area contributed by atoms with E-state index in [-0.39, 0.29) is 29.4 Å². The molecule has 27 heavy (non-hydrogen) atoms. The van der Waals surface area contributed by atoms with Crippen LogP contribution in [0.5, 0.6) is 0 Å². The van der Waals surface area contributed by atoms with Crippen LogP contribution in [0.2, 0.25) is 0 Å². The van der Waals surface area contributed by atoms with Crippen LogP contribution in [-0.2, 0) is 14.8 Å². The van der Waals surface area contributed by atoms with Crippen LogP contribution in [0.3, 0.4) is 0 Å². The molecule has 0 saturated carbocycles. The Morgan fingerprint density at radius 3 is 2.56 bits per heavy atom. The van der Waals surface area contributed by atoms with Gasteiger partial charge in [0.2, 0.25) is 0 Å². The number of nitro benzene ring substituents is 1. The predicted octanol–water partition coefficient (Wildman–Crippen LogP) is 0.819. The Labute approximate surface area is 155 Å². The number of carbonyl (C=O) groups excluding carboxylic acids is 2. The number of alkyl carbamates (subject to hydrolysis) is 1. The molecule has 1 aliphatic rings. The molecule has 2 rings (SSSR count). The summed E-state index contributed by atoms with van der Waals surface area (Å²) in [6.07, 6.45) is 0.684. The molecule has 0 bridgehead atoms. The first-order valence-corrected chi connectivity index (χ1v) is 9.76. The molecular formula is C15H18N4O7S. The predicted molar refractivity (Wildman–Crippen MR) is 94.9 cm³/mol. The van der Waals surface area contributed by atoms with Gasteiger partial charge in [0.1, 0.15) is 5.84 Å². The van der Waals surface area contributed by atoms with Crippen LogP contribution >= 0.6 is 0 Å². The maximum absolute atomic E-state index is 11.9. The molecule has 1 aliphatic heterocycles. The van der Waals surface area contributed by atoms with E-state index in [9.17, 15) is 28.1 Å². The minimum Gasteiger partial charge on any atom is -0.372 e. The SMILES string of the molecule is CS(=O)(=O)N=C(C[C@H]1CCNC1)NC(=O)OC(=O)c1ccc([N+](=O)[O-])cc1. The summed E-state index contributed by atoms with van der Waals surface area (Å²) < 4.78 is 30.9. The van der Waals surface area contributed by atoms with Crippen molar-refractivity contribution < 1.29 is 27.7 Å². The van der Waals surface area contributed by atoms with Crippen molar-refractivity contribution in [1.82, 2.24) is 10.6 Å². The number of carbonyl (C=O) groups is 2. The van der Waals surface area contributed by atoms with E-state index in [2.05, 4.69) is 19.8 Å². The van der Waals surface area contributed by atoms with E-state index >= 15 is 0 Å². The van der Waals surface area contributed by atoms with Crippen LogP contribution in [0.15, 0.2) is 28.7 Å². The highest BCUT2D eigenvalue weighted by molar-refractivity contribution is 7.89. The third-order valence-electron chi connectivity index (χ3n) is 3.67. The zero-order chi connectivity index (χ0) is 20.0. The van der Waals surface area contributed by atoms with Crippen LogP contribution in [0.25, 0.3) is 0 Å². The molecule has 0 spiro atoms. The second-order valence-electron chi connectivity index (χ2n) is 5.94. The van der Waals surface area contributed by atoms with Crippen LogP contribution in [0.1, 0.15) is 23.2 Å². The second kappa shape index (κ2) is 8.68. The molecule has 2 N–H and O–H groups in total. The van der Waals surface area contributed by atoms with Crippen LogP contribution < -0.4 is 10.6 Å². The summed E-state index contributed by atoms with van der Waals surface area (Å²) in [5.74, 6) is -1.06. The highest BCUT2D eigenvalue weighted by atomic mass is 32.2. The van der Waals surface area contributed by atoms with E-state index in [0.717, 1.165) is 43.5 Å². The van der Waals surface area contributed by atoms with Gasteiger partial charge >= 0.3 is 12.1 Å². The van der Waals surface area contributed by atoms with Gasteiger partial charge < -0.3 is 10.1 Å². The van der Waals surface area contributed by atoms with Crippen molar-refractivity contribution >= 4 is 33.6 Å². The maximum atomic E-state index is 11.9. The third kappa shape index (κ3) is 6.75. The quantitative estimate of drug-likeness (QED) is 0.184. The Bertz CT molecular complexity index is 859. The van der Waals surface area contributed by atoms with Crippen LogP contribution in [-0.4, -0.2) is 50.6 Å². The fraction of sp³-hybridized carbons (Fsp3) is 0.400. The Morgan fingerprint density at radius 1 is 1.37 bits per heavy atom. The molecule has 11 nitrogen and oxygen atoms in total. The topological polar surface area (TPSA) is 157 Å². The molecule has 0 aliphatic carbocycles. The molecule has 1 fully saturated rings. The van der Waals surface area contributed by atoms with Gasteiger partial charge in [0.05, 0.1) is 16.7 Å². The number of amidine groups is 1. The average molecular weight is 398 g/mol. The largest absolute Gasteiger partial charge is 0.420 e. The van der Waals surface area contributed by atoms with E-state index in [0.29, 0.717) is 6.54 Å². The summed E-state index contributed by atoms with van der Waals surface area (Å²) in [6, 6.07) is 4.48. The molecule has 1 aromatic rings. The van der Waals surface area contributed by atoms with Gasteiger partial charge in [-0.1, -0.05) is 0 Å². The summed E-state index contributed by atoms with van der Waals surface area (Å²) in [5, 5.41) is 15.9. The highest BCUT2D eigenvalue weighted by Crippen LogP contribution is 2.14. The first-order chi connectivity index (χ1) is 12.6. The number of hydrogen-bond donors (Lipinski definition) is 2. The summed E-state index contributed by atoms with van der Waals surface area (Å²) >= 11 is 0. The fourth-order valence-electron chi connectivity index (χ4n) is 2.48. The second-order valence-corrected chi connectivity index (χ2v) is 7.59. The number of rotatable bonds is 5. The number of nitrogens with one attached hydrogen (secondary N) is 2. The number of sulfonamides is 1. The van der Waals surface area contributed by atoms with Crippen LogP contribution in [0.4, 0.5) is 10.5 Å². The van der Waals surface area contributed by atoms with Gasteiger partial charge in [0.15, 0.2) is 0 Å². The van der Waals surface area contributed by atoms with Crippen molar-refractivity contribution in [2.24, 2.45) is 10.3 Å². The Hall–Kier alpha value is -2.86. The molecule has 1 aromatic carbocycles. The van der Waals surface area contributed by atoms with E-state index in [1.54, 1.807) is 0 Å². The molecule has 1 amide bonds. The molecule has 0 aromatic heterocycles. The smallest absolute Gasteiger partial charge is 0.372 e. The lowest BCUT2D eigenvalue weighted by atomic mass is 10.0. The molecular weight excluding hydrogens is 380 g/mol. The summed E-state index contributed by atoms with van der Waals surface area (Å²) in [7, 11) is -3.76. The fourth-order valence-corrected chi connectivity index (χ4v) is 3.00. The van der Waals surface area contributed by atoms with Crippen molar-refractivity contribution in [2.75, 3.05) is 19.3 Å². The van der Waals surface area contributed by atoms with Crippen molar-refractivity contribution in [2.45, 2.75) is 12.8 Å². The van der Waals surface area contributed by atoms with Crippen molar-refractivity contribution in [1.29, 1.82) is 0 Å². The lowest BCUT2D eigenvalue weighted by molar-refractivity contribution is -0.384. The molecule has 146 valence electrons. The first kappa shape index (κ1) is 20.5. The van der Waals surface area contributed by atoms with Crippen molar-refractivity contribution in [3.63, 3.8) is 0 Å². The van der Waals surface area contributed by atoms with Gasteiger partial charge in [-0.2, -0.15) is 4.40 Å². The number of hydrogen-bond acceptors (Lipinski definition) is 8. The Morgan fingerprint density at radius 2 is 2.04 bits per heavy atom. The number of benzene rings is 1. The van der Waals surface area contributed by atoms with Gasteiger partial charge in [-0.05, 0) is 37.6 Å². The number of non-ortho nitro benzene ring substituents is 1. The third-order valence-corrected chi connectivity index (χ3v) is 4.22. The average Bonchev–Trinajstić information content (AvgIpc) is 3.06. The highest BCUT2D eigenvalue weighted by Gasteiger charge is 2.21. The van der Waals surface area contributed by atoms with Crippen molar-refractivity contribution in [3.05, 3.63) is 39.9 Å². The lowest BCUT2D eigenvalue weighted by Gasteiger charge is -2.12. The van der Waals surface area contributed by atoms with Crippen molar-refractivity contribution in [3.8, 4) is 0 Å². The normalized spacial score (nSPS) is 17.4. The maximum Gasteiger partial charge on any atom is 0.420 e. The van der Waals surface area contributed by atoms with Gasteiger partial charge in [-0.25, -0.2) is 18.0 Å². The lowest BCUT2D eigenvalue weighted by Crippen LogP contribution is -2.35. The van der Waals surface area contributed by atoms with E-state index in [4.69, 9.17) is 0 Å². The minimum atomic E-state index is -3.76. The van der Waals surface area contributed by atoms with Gasteiger partial charge in [-0.15, -0.1) is 0 Å². The monoisotopic (exact) mass is 398 g/mol. The van der Waals surface area contributed by atoms with E-state index in [1.807, 2.05) is 0 Å². The first-order valence-electron chi connectivity index (χ1n) is 7.91. The minimum absolute atomic E-state index is 0.0719. The van der Waals surface area contributed by atoms with Gasteiger partial charge in [-0.3, -0.25) is 15.4 Å². The zero-order valence-corrected chi connectivity index (χ0v) is 15.2. The van der Waals surface area contributed by atoms with Crippen LogP contribution in [0, 0.1) is 16.0 Å². The van der Waals surface area contributed by atoms with E-state index in [1.165, 1.54) is 0 Å². The number of nitrogens with zero attached hydrogens (tertiary/aromatic N) is 2. The zero-order valence-electron chi connectivity index (χ0n) is 14.4. The molecule has 1 saturated heterocycles. The molecule has 0 radical (unpaired) electrons. The Balaban J connectivity index is 2.02. The molecule has 1 atom stereocenters. The standard InChI is InChI=1S/C15H18N4O7S/c1-27(24,25)18-13(8-10-6-7-16-9-10)17-15(21)26-14(20)11-2-4-12(5-3-11)19(22)23/h2-5,10,16H,6-9H2,1H3,(H,17,18,21)/t10-/m1/s1. The number of amides is 1. The Kier molecular flexibility index (Phi) is 6.58.